The number of nitrogens with zero attached hydrogens (tertiary/aromatic N) is 2. The fourth-order valence-corrected chi connectivity index (χ4v) is 3.91. The van der Waals surface area contributed by atoms with E-state index in [2.05, 4.69) is 0 Å². The summed E-state index contributed by atoms with van der Waals surface area (Å²) in [4.78, 5) is 28.5. The molecule has 0 atom stereocenters. The quantitative estimate of drug-likeness (QED) is 0.723. The maximum absolute atomic E-state index is 12.6. The fourth-order valence-electron chi connectivity index (χ4n) is 3.91. The van der Waals surface area contributed by atoms with E-state index in [0.717, 1.165) is 18.5 Å². The molecule has 0 heterocycles. The standard InChI is InChI=1S/C24H31N3O3/c1-26(20-12-6-3-7-13-20)24(29)18-30-22-15-9-8-14-21(22)27(23(28)16-25)17-19-10-4-2-5-11-19/h3,6-9,12-15,19H,2,4-5,10-11,16-18,25H2,1H3. The molecule has 1 fully saturated rings. The second-order valence-corrected chi connectivity index (χ2v) is 7.76. The molecule has 1 aliphatic carbocycles. The van der Waals surface area contributed by atoms with Gasteiger partial charge in [-0.2, -0.15) is 0 Å². The van der Waals surface area contributed by atoms with Crippen molar-refractivity contribution in [1.29, 1.82) is 0 Å². The number of hydrogen-bond acceptors (Lipinski definition) is 4. The highest BCUT2D eigenvalue weighted by Gasteiger charge is 2.24. The number of para-hydroxylation sites is 3. The second-order valence-electron chi connectivity index (χ2n) is 7.76. The normalized spacial score (nSPS) is 14.2. The third-order valence-corrected chi connectivity index (χ3v) is 5.67. The Kier molecular flexibility index (Phi) is 7.85. The SMILES string of the molecule is CN(C(=O)COc1ccccc1N(CC1CCCCC1)C(=O)CN)c1ccccc1. The molecule has 2 N–H and O–H groups in total. The lowest BCUT2D eigenvalue weighted by molar-refractivity contribution is -0.120. The predicted octanol–water partition coefficient (Wildman–Crippen LogP) is 3.60. The van der Waals surface area contributed by atoms with Gasteiger partial charge < -0.3 is 20.3 Å². The minimum atomic E-state index is -0.167. The molecule has 6 nitrogen and oxygen atoms in total. The summed E-state index contributed by atoms with van der Waals surface area (Å²) in [5, 5.41) is 0. The molecule has 0 bridgehead atoms. The maximum Gasteiger partial charge on any atom is 0.264 e. The molecule has 2 aromatic rings. The Morgan fingerprint density at radius 3 is 2.33 bits per heavy atom. The summed E-state index contributed by atoms with van der Waals surface area (Å²) in [6, 6.07) is 16.8. The third-order valence-electron chi connectivity index (χ3n) is 5.67. The summed E-state index contributed by atoms with van der Waals surface area (Å²) in [6.07, 6.45) is 5.91. The van der Waals surface area contributed by atoms with Crippen molar-refractivity contribution in [3.8, 4) is 5.75 Å². The number of carbonyl (C=O) groups is 2. The predicted molar refractivity (Wildman–Crippen MR) is 120 cm³/mol. The monoisotopic (exact) mass is 409 g/mol. The van der Waals surface area contributed by atoms with Crippen LogP contribution in [0, 0.1) is 5.92 Å². The van der Waals surface area contributed by atoms with Gasteiger partial charge >= 0.3 is 0 Å². The molecule has 0 aliphatic heterocycles. The summed E-state index contributed by atoms with van der Waals surface area (Å²) < 4.78 is 5.88. The Labute approximate surface area is 178 Å². The number of benzene rings is 2. The first-order chi connectivity index (χ1) is 14.6. The zero-order chi connectivity index (χ0) is 21.3. The van der Waals surface area contributed by atoms with Crippen molar-refractivity contribution in [3.63, 3.8) is 0 Å². The number of rotatable bonds is 8. The molecular formula is C24H31N3O3. The van der Waals surface area contributed by atoms with Crippen molar-refractivity contribution in [2.75, 3.05) is 36.5 Å². The van der Waals surface area contributed by atoms with Gasteiger partial charge in [0.1, 0.15) is 5.75 Å². The Balaban J connectivity index is 1.72. The average molecular weight is 410 g/mol. The van der Waals surface area contributed by atoms with Gasteiger partial charge in [-0.1, -0.05) is 49.6 Å². The van der Waals surface area contributed by atoms with E-state index in [9.17, 15) is 9.59 Å². The third kappa shape index (κ3) is 5.60. The van der Waals surface area contributed by atoms with Crippen LogP contribution < -0.4 is 20.3 Å². The summed E-state index contributed by atoms with van der Waals surface area (Å²) in [6.45, 7) is 0.460. The van der Waals surface area contributed by atoms with Crippen molar-refractivity contribution in [1.82, 2.24) is 0 Å². The molecule has 3 rings (SSSR count). The Morgan fingerprint density at radius 1 is 0.967 bits per heavy atom. The van der Waals surface area contributed by atoms with Gasteiger partial charge in [-0.3, -0.25) is 9.59 Å². The number of nitrogens with two attached hydrogens (primary N) is 1. The molecule has 0 aromatic heterocycles. The number of anilines is 2. The van der Waals surface area contributed by atoms with E-state index in [-0.39, 0.29) is 25.0 Å². The van der Waals surface area contributed by atoms with Gasteiger partial charge in [-0.15, -0.1) is 0 Å². The molecule has 6 heteroatoms. The molecule has 0 unspecified atom stereocenters. The van der Waals surface area contributed by atoms with E-state index in [0.29, 0.717) is 23.9 Å². The lowest BCUT2D eigenvalue weighted by Crippen LogP contribution is -2.40. The van der Waals surface area contributed by atoms with Gasteiger partial charge in [0.2, 0.25) is 5.91 Å². The Hall–Kier alpha value is -2.86. The number of ether oxygens (including phenoxy) is 1. The van der Waals surface area contributed by atoms with Crippen LogP contribution in [0.5, 0.6) is 5.75 Å². The summed E-state index contributed by atoms with van der Waals surface area (Å²) in [7, 11) is 1.72. The number of hydrogen-bond donors (Lipinski definition) is 1. The van der Waals surface area contributed by atoms with Gasteiger partial charge in [-0.25, -0.2) is 0 Å². The van der Waals surface area contributed by atoms with Gasteiger partial charge in [0, 0.05) is 19.3 Å². The maximum atomic E-state index is 12.6. The minimum absolute atomic E-state index is 0.0588. The summed E-state index contributed by atoms with van der Waals surface area (Å²) in [5.74, 6) is 0.683. The van der Waals surface area contributed by atoms with Crippen LogP contribution in [0.25, 0.3) is 0 Å². The zero-order valence-corrected chi connectivity index (χ0v) is 17.6. The summed E-state index contributed by atoms with van der Waals surface area (Å²) >= 11 is 0. The van der Waals surface area contributed by atoms with E-state index in [4.69, 9.17) is 10.5 Å². The minimum Gasteiger partial charge on any atom is -0.482 e. The van der Waals surface area contributed by atoms with Gasteiger partial charge in [0.25, 0.3) is 5.91 Å². The van der Waals surface area contributed by atoms with E-state index in [1.165, 1.54) is 19.3 Å². The van der Waals surface area contributed by atoms with Crippen molar-refractivity contribution < 1.29 is 14.3 Å². The smallest absolute Gasteiger partial charge is 0.264 e. The first-order valence-corrected chi connectivity index (χ1v) is 10.6. The lowest BCUT2D eigenvalue weighted by Gasteiger charge is -2.30. The van der Waals surface area contributed by atoms with Crippen LogP contribution in [0.4, 0.5) is 11.4 Å². The molecule has 0 radical (unpaired) electrons. The number of carbonyl (C=O) groups excluding carboxylic acids is 2. The van der Waals surface area contributed by atoms with Crippen LogP contribution in [0.2, 0.25) is 0 Å². The zero-order valence-electron chi connectivity index (χ0n) is 17.6. The molecule has 1 saturated carbocycles. The Morgan fingerprint density at radius 2 is 1.63 bits per heavy atom. The molecule has 2 aromatic carbocycles. The van der Waals surface area contributed by atoms with Crippen LogP contribution in [0.15, 0.2) is 54.6 Å². The molecule has 30 heavy (non-hydrogen) atoms. The fraction of sp³-hybridized carbons (Fsp3) is 0.417. The first kappa shape index (κ1) is 21.8. The molecular weight excluding hydrogens is 378 g/mol. The van der Waals surface area contributed by atoms with Gasteiger partial charge in [-0.05, 0) is 43.0 Å². The van der Waals surface area contributed by atoms with Crippen LogP contribution in [-0.2, 0) is 9.59 Å². The topological polar surface area (TPSA) is 75.9 Å². The first-order valence-electron chi connectivity index (χ1n) is 10.6. The van der Waals surface area contributed by atoms with Crippen LogP contribution >= 0.6 is 0 Å². The highest BCUT2D eigenvalue weighted by Crippen LogP contribution is 2.32. The highest BCUT2D eigenvalue weighted by atomic mass is 16.5. The van der Waals surface area contributed by atoms with Crippen LogP contribution in [0.3, 0.4) is 0 Å². The van der Waals surface area contributed by atoms with Crippen LogP contribution in [-0.4, -0.2) is 38.6 Å². The highest BCUT2D eigenvalue weighted by molar-refractivity contribution is 5.96. The number of amides is 2. The van der Waals surface area contributed by atoms with Crippen molar-refractivity contribution in [3.05, 3.63) is 54.6 Å². The van der Waals surface area contributed by atoms with Crippen molar-refractivity contribution in [2.45, 2.75) is 32.1 Å². The average Bonchev–Trinajstić information content (AvgIpc) is 2.81. The van der Waals surface area contributed by atoms with E-state index >= 15 is 0 Å². The molecule has 1 aliphatic rings. The second kappa shape index (κ2) is 10.8. The molecule has 0 spiro atoms. The number of likely N-dealkylation sites (N-methyl/N-ethyl adjacent to an activating group) is 1. The van der Waals surface area contributed by atoms with Crippen molar-refractivity contribution >= 4 is 23.2 Å². The van der Waals surface area contributed by atoms with Crippen LogP contribution in [0.1, 0.15) is 32.1 Å². The molecule has 160 valence electrons. The summed E-state index contributed by atoms with van der Waals surface area (Å²) in [5.41, 5.74) is 7.18. The largest absolute Gasteiger partial charge is 0.482 e. The van der Waals surface area contributed by atoms with E-state index in [1.807, 2.05) is 48.5 Å². The molecule has 0 saturated heterocycles. The molecule has 2 amide bonds. The van der Waals surface area contributed by atoms with Gasteiger partial charge in [0.05, 0.1) is 12.2 Å². The van der Waals surface area contributed by atoms with E-state index in [1.54, 1.807) is 22.9 Å². The van der Waals surface area contributed by atoms with Crippen molar-refractivity contribution in [2.24, 2.45) is 11.7 Å². The van der Waals surface area contributed by atoms with Gasteiger partial charge in [0.15, 0.2) is 6.61 Å². The van der Waals surface area contributed by atoms with E-state index < -0.39 is 0 Å². The lowest BCUT2D eigenvalue weighted by atomic mass is 9.89. The Bertz CT molecular complexity index is 835.